The van der Waals surface area contributed by atoms with Crippen molar-refractivity contribution in [1.82, 2.24) is 0 Å². The van der Waals surface area contributed by atoms with Gasteiger partial charge in [0.15, 0.2) is 0 Å². The lowest BCUT2D eigenvalue weighted by molar-refractivity contribution is 0.0698. The molecule has 0 amide bonds. The zero-order valence-corrected chi connectivity index (χ0v) is 13.4. The van der Waals surface area contributed by atoms with Crippen molar-refractivity contribution in [3.8, 4) is 0 Å². The fourth-order valence-electron chi connectivity index (χ4n) is 2.34. The molecule has 0 bridgehead atoms. The fourth-order valence-corrected chi connectivity index (χ4v) is 2.34. The van der Waals surface area contributed by atoms with Crippen LogP contribution in [0.3, 0.4) is 0 Å². The molecule has 21 heavy (non-hydrogen) atoms. The zero-order valence-electron chi connectivity index (χ0n) is 13.4. The first-order valence-corrected chi connectivity index (χ1v) is 7.79. The number of hydrogen-bond donors (Lipinski definition) is 3. The molecule has 0 spiro atoms. The molecule has 4 N–H and O–H groups in total. The number of nitrogens with one attached hydrogen (secondary N) is 1. The van der Waals surface area contributed by atoms with E-state index in [0.717, 1.165) is 30.1 Å². The van der Waals surface area contributed by atoms with Gasteiger partial charge in [0.1, 0.15) is 0 Å². The Bertz CT molecular complexity index is 470. The Balaban J connectivity index is 2.37. The maximum Gasteiger partial charge on any atom is 0.337 e. The second-order valence-corrected chi connectivity index (χ2v) is 6.08. The molecule has 0 saturated heterocycles. The summed E-state index contributed by atoms with van der Waals surface area (Å²) >= 11 is 0. The number of carboxylic acids is 1. The predicted octanol–water partition coefficient (Wildman–Crippen LogP) is 4.29. The van der Waals surface area contributed by atoms with E-state index in [2.05, 4.69) is 19.2 Å². The van der Waals surface area contributed by atoms with Crippen LogP contribution >= 0.6 is 0 Å². The van der Waals surface area contributed by atoms with Crippen LogP contribution in [0.1, 0.15) is 61.9 Å². The molecule has 0 aliphatic rings. The summed E-state index contributed by atoms with van der Waals surface area (Å²) in [7, 11) is 0. The molecule has 0 aliphatic heterocycles. The highest BCUT2D eigenvalue weighted by Gasteiger charge is 2.11. The average molecular weight is 292 g/mol. The van der Waals surface area contributed by atoms with E-state index in [9.17, 15) is 4.79 Å². The SMILES string of the molecule is Cc1cc(NCCCCCCC(C)C)cc(C(=O)O)c1N. The maximum atomic E-state index is 11.1. The topological polar surface area (TPSA) is 75.3 Å². The van der Waals surface area contributed by atoms with Gasteiger partial charge in [-0.3, -0.25) is 0 Å². The van der Waals surface area contributed by atoms with Crippen molar-refractivity contribution in [2.75, 3.05) is 17.6 Å². The van der Waals surface area contributed by atoms with Crippen molar-refractivity contribution in [1.29, 1.82) is 0 Å². The molecule has 0 fully saturated rings. The molecule has 118 valence electrons. The number of unbranched alkanes of at least 4 members (excludes halogenated alkanes) is 3. The number of nitrogen functional groups attached to an aromatic ring is 1. The van der Waals surface area contributed by atoms with E-state index in [4.69, 9.17) is 10.8 Å². The second kappa shape index (κ2) is 8.55. The first-order chi connectivity index (χ1) is 9.91. The van der Waals surface area contributed by atoms with E-state index in [1.165, 1.54) is 25.7 Å². The van der Waals surface area contributed by atoms with Crippen molar-refractivity contribution in [2.45, 2.75) is 52.9 Å². The maximum absolute atomic E-state index is 11.1. The number of carbonyl (C=O) groups is 1. The molecule has 4 heteroatoms. The van der Waals surface area contributed by atoms with Crippen molar-refractivity contribution in [2.24, 2.45) is 5.92 Å². The molecule has 1 aromatic rings. The van der Waals surface area contributed by atoms with Crippen molar-refractivity contribution in [3.05, 3.63) is 23.3 Å². The van der Waals surface area contributed by atoms with Gasteiger partial charge in [0, 0.05) is 17.9 Å². The monoisotopic (exact) mass is 292 g/mol. The van der Waals surface area contributed by atoms with Crippen LogP contribution < -0.4 is 11.1 Å². The van der Waals surface area contributed by atoms with Gasteiger partial charge in [-0.1, -0.05) is 39.5 Å². The van der Waals surface area contributed by atoms with Crippen LogP contribution in [0.5, 0.6) is 0 Å². The third kappa shape index (κ3) is 6.06. The Kier molecular flexibility index (Phi) is 7.06. The molecule has 0 radical (unpaired) electrons. The summed E-state index contributed by atoms with van der Waals surface area (Å²) in [6, 6.07) is 3.52. The van der Waals surface area contributed by atoms with Crippen LogP contribution in [0, 0.1) is 12.8 Å². The Labute approximate surface area is 127 Å². The normalized spacial score (nSPS) is 10.9. The van der Waals surface area contributed by atoms with Crippen molar-refractivity contribution < 1.29 is 9.90 Å². The number of anilines is 2. The van der Waals surface area contributed by atoms with Gasteiger partial charge in [-0.25, -0.2) is 4.79 Å². The quantitative estimate of drug-likeness (QED) is 0.468. The molecular formula is C17H28N2O2. The average Bonchev–Trinajstić information content (AvgIpc) is 2.40. The smallest absolute Gasteiger partial charge is 0.337 e. The van der Waals surface area contributed by atoms with Crippen molar-refractivity contribution >= 4 is 17.3 Å². The first-order valence-electron chi connectivity index (χ1n) is 7.79. The number of benzene rings is 1. The van der Waals surface area contributed by atoms with E-state index in [1.807, 2.05) is 13.0 Å². The molecule has 1 rings (SSSR count). The van der Waals surface area contributed by atoms with Crippen LogP contribution in [0.4, 0.5) is 11.4 Å². The summed E-state index contributed by atoms with van der Waals surface area (Å²) in [5, 5.41) is 12.4. The highest BCUT2D eigenvalue weighted by molar-refractivity contribution is 5.95. The third-order valence-electron chi connectivity index (χ3n) is 3.65. The summed E-state index contributed by atoms with van der Waals surface area (Å²) in [5.41, 5.74) is 7.94. The van der Waals surface area contributed by atoms with Crippen LogP contribution in [-0.4, -0.2) is 17.6 Å². The summed E-state index contributed by atoms with van der Waals surface area (Å²) in [6.07, 6.45) is 6.17. The summed E-state index contributed by atoms with van der Waals surface area (Å²) < 4.78 is 0. The predicted molar refractivity (Wildman–Crippen MR) is 89.0 cm³/mol. The number of aromatic carboxylic acids is 1. The lowest BCUT2D eigenvalue weighted by Gasteiger charge is -2.11. The van der Waals surface area contributed by atoms with Crippen LogP contribution in [-0.2, 0) is 0 Å². The van der Waals surface area contributed by atoms with Crippen molar-refractivity contribution in [3.63, 3.8) is 0 Å². The zero-order chi connectivity index (χ0) is 15.8. The van der Waals surface area contributed by atoms with Crippen LogP contribution in [0.25, 0.3) is 0 Å². The number of carboxylic acid groups (broad SMARTS) is 1. The number of nitrogens with two attached hydrogens (primary N) is 1. The Morgan fingerprint density at radius 2 is 1.90 bits per heavy atom. The minimum Gasteiger partial charge on any atom is -0.478 e. The molecule has 0 unspecified atom stereocenters. The Morgan fingerprint density at radius 3 is 2.52 bits per heavy atom. The molecule has 4 nitrogen and oxygen atoms in total. The first kappa shape index (κ1) is 17.3. The molecule has 1 aromatic carbocycles. The molecule has 0 aromatic heterocycles. The minimum absolute atomic E-state index is 0.175. The van der Waals surface area contributed by atoms with Gasteiger partial charge >= 0.3 is 5.97 Å². The molecule has 0 saturated carbocycles. The highest BCUT2D eigenvalue weighted by Crippen LogP contribution is 2.23. The van der Waals surface area contributed by atoms with E-state index in [1.54, 1.807) is 6.07 Å². The standard InChI is InChI=1S/C17H28N2O2/c1-12(2)8-6-4-5-7-9-19-14-10-13(3)16(18)15(11-14)17(20)21/h10-12,19H,4-9,18H2,1-3H3,(H,20,21). The summed E-state index contributed by atoms with van der Waals surface area (Å²) in [6.45, 7) is 7.21. The van der Waals surface area contributed by atoms with Gasteiger partial charge < -0.3 is 16.2 Å². The second-order valence-electron chi connectivity index (χ2n) is 6.08. The lowest BCUT2D eigenvalue weighted by atomic mass is 10.0. The molecular weight excluding hydrogens is 264 g/mol. The van der Waals surface area contributed by atoms with Gasteiger partial charge in [0.05, 0.1) is 5.56 Å². The molecule has 0 heterocycles. The van der Waals surface area contributed by atoms with Gasteiger partial charge in [-0.2, -0.15) is 0 Å². The number of hydrogen-bond acceptors (Lipinski definition) is 3. The van der Waals surface area contributed by atoms with Gasteiger partial charge in [0.2, 0.25) is 0 Å². The third-order valence-corrected chi connectivity index (χ3v) is 3.65. The molecule has 0 aliphatic carbocycles. The fraction of sp³-hybridized carbons (Fsp3) is 0.588. The number of aryl methyl sites for hydroxylation is 1. The van der Waals surface area contributed by atoms with E-state index in [-0.39, 0.29) is 5.56 Å². The lowest BCUT2D eigenvalue weighted by Crippen LogP contribution is -2.08. The number of rotatable bonds is 9. The summed E-state index contributed by atoms with van der Waals surface area (Å²) in [4.78, 5) is 11.1. The van der Waals surface area contributed by atoms with E-state index in [0.29, 0.717) is 5.69 Å². The van der Waals surface area contributed by atoms with E-state index >= 15 is 0 Å². The Hall–Kier alpha value is -1.71. The van der Waals surface area contributed by atoms with Gasteiger partial charge in [-0.15, -0.1) is 0 Å². The van der Waals surface area contributed by atoms with Gasteiger partial charge in [0.25, 0.3) is 0 Å². The largest absolute Gasteiger partial charge is 0.478 e. The van der Waals surface area contributed by atoms with E-state index < -0.39 is 5.97 Å². The van der Waals surface area contributed by atoms with Crippen LogP contribution in [0.15, 0.2) is 12.1 Å². The van der Waals surface area contributed by atoms with Crippen LogP contribution in [0.2, 0.25) is 0 Å². The highest BCUT2D eigenvalue weighted by atomic mass is 16.4. The minimum atomic E-state index is -0.979. The summed E-state index contributed by atoms with van der Waals surface area (Å²) in [5.74, 6) is -0.191. The molecule has 0 atom stereocenters. The van der Waals surface area contributed by atoms with Gasteiger partial charge in [-0.05, 0) is 37.0 Å². The Morgan fingerprint density at radius 1 is 1.24 bits per heavy atom.